The van der Waals surface area contributed by atoms with E-state index in [1.165, 1.54) is 0 Å². The van der Waals surface area contributed by atoms with Crippen molar-refractivity contribution in [2.45, 2.75) is 6.42 Å². The molecule has 0 atom stereocenters. The number of halogens is 2. The SMILES string of the molecule is O=C(c1cc(I)c(O)c(I)c1)c1c(Cc2ccccc2)oc2ccccc12. The second kappa shape index (κ2) is 7.63. The van der Waals surface area contributed by atoms with Crippen LogP contribution in [0.1, 0.15) is 27.2 Å². The number of hydrogen-bond donors (Lipinski definition) is 1. The summed E-state index contributed by atoms with van der Waals surface area (Å²) in [7, 11) is 0. The number of phenolic OH excluding ortho intramolecular Hbond substituents is 1. The number of furan rings is 1. The van der Waals surface area contributed by atoms with Gasteiger partial charge in [-0.1, -0.05) is 48.5 Å². The van der Waals surface area contributed by atoms with E-state index in [-0.39, 0.29) is 11.5 Å². The second-order valence-corrected chi connectivity index (χ2v) is 8.50. The predicted octanol–water partition coefficient (Wildman–Crippen LogP) is 6.17. The van der Waals surface area contributed by atoms with Crippen molar-refractivity contribution in [1.29, 1.82) is 0 Å². The molecule has 0 fully saturated rings. The molecule has 134 valence electrons. The Kier molecular flexibility index (Phi) is 5.23. The molecule has 0 aliphatic carbocycles. The van der Waals surface area contributed by atoms with Crippen LogP contribution in [0.15, 0.2) is 71.1 Å². The number of benzene rings is 3. The summed E-state index contributed by atoms with van der Waals surface area (Å²) in [5.41, 5.74) is 2.92. The molecule has 5 heteroatoms. The maximum atomic E-state index is 13.4. The Hall–Kier alpha value is -1.87. The number of ketones is 1. The van der Waals surface area contributed by atoms with Gasteiger partial charge < -0.3 is 9.52 Å². The maximum absolute atomic E-state index is 13.4. The second-order valence-electron chi connectivity index (χ2n) is 6.18. The molecule has 3 nitrogen and oxygen atoms in total. The topological polar surface area (TPSA) is 50.4 Å². The molecule has 0 saturated heterocycles. The summed E-state index contributed by atoms with van der Waals surface area (Å²) >= 11 is 4.08. The first kappa shape index (κ1) is 18.5. The fourth-order valence-corrected chi connectivity index (χ4v) is 4.86. The number of aromatic hydroxyl groups is 1. The monoisotopic (exact) mass is 580 g/mol. The van der Waals surface area contributed by atoms with Gasteiger partial charge in [0.25, 0.3) is 0 Å². The van der Waals surface area contributed by atoms with Gasteiger partial charge in [-0.25, -0.2) is 0 Å². The Morgan fingerprint density at radius 1 is 0.926 bits per heavy atom. The summed E-state index contributed by atoms with van der Waals surface area (Å²) < 4.78 is 7.36. The minimum absolute atomic E-state index is 0.0956. The molecule has 0 unspecified atom stereocenters. The van der Waals surface area contributed by atoms with Gasteiger partial charge in [-0.05, 0) is 68.9 Å². The van der Waals surface area contributed by atoms with Gasteiger partial charge in [0.1, 0.15) is 17.1 Å². The average molecular weight is 580 g/mol. The number of carbonyl (C=O) groups is 1. The van der Waals surface area contributed by atoms with E-state index in [9.17, 15) is 9.90 Å². The van der Waals surface area contributed by atoms with Crippen molar-refractivity contribution in [1.82, 2.24) is 0 Å². The Morgan fingerprint density at radius 2 is 1.56 bits per heavy atom. The fraction of sp³-hybridized carbons (Fsp3) is 0.0455. The number of fused-ring (bicyclic) bond motifs is 1. The van der Waals surface area contributed by atoms with Gasteiger partial charge in [-0.3, -0.25) is 4.79 Å². The third kappa shape index (κ3) is 3.62. The van der Waals surface area contributed by atoms with Crippen LogP contribution in [-0.4, -0.2) is 10.9 Å². The molecule has 0 amide bonds. The normalized spacial score (nSPS) is 11.0. The van der Waals surface area contributed by atoms with Crippen LogP contribution in [-0.2, 0) is 6.42 Å². The number of hydrogen-bond acceptors (Lipinski definition) is 3. The van der Waals surface area contributed by atoms with E-state index in [1.54, 1.807) is 12.1 Å². The highest BCUT2D eigenvalue weighted by Crippen LogP contribution is 2.33. The zero-order valence-electron chi connectivity index (χ0n) is 14.1. The van der Waals surface area contributed by atoms with E-state index < -0.39 is 0 Å². The molecule has 1 aromatic heterocycles. The van der Waals surface area contributed by atoms with Crippen molar-refractivity contribution in [2.75, 3.05) is 0 Å². The molecule has 0 saturated carbocycles. The van der Waals surface area contributed by atoms with E-state index in [0.717, 1.165) is 10.9 Å². The van der Waals surface area contributed by atoms with Gasteiger partial charge >= 0.3 is 0 Å². The van der Waals surface area contributed by atoms with Crippen molar-refractivity contribution >= 4 is 61.9 Å². The van der Waals surface area contributed by atoms with E-state index in [0.29, 0.717) is 36.0 Å². The molecule has 0 spiro atoms. The van der Waals surface area contributed by atoms with Gasteiger partial charge in [0.15, 0.2) is 5.78 Å². The number of carbonyl (C=O) groups excluding carboxylic acids is 1. The Morgan fingerprint density at radius 3 is 2.26 bits per heavy atom. The van der Waals surface area contributed by atoms with Crippen LogP contribution in [0.25, 0.3) is 11.0 Å². The smallest absolute Gasteiger partial charge is 0.197 e. The van der Waals surface area contributed by atoms with Crippen molar-refractivity contribution in [3.8, 4) is 5.75 Å². The Bertz CT molecular complexity index is 1120. The Balaban J connectivity index is 1.87. The molecule has 4 aromatic rings. The van der Waals surface area contributed by atoms with Crippen LogP contribution in [0, 0.1) is 7.14 Å². The number of rotatable bonds is 4. The fourth-order valence-electron chi connectivity index (χ4n) is 3.09. The first-order chi connectivity index (χ1) is 13.0. The summed E-state index contributed by atoms with van der Waals surface area (Å²) in [6.45, 7) is 0. The molecular formula is C22H14I2O3. The molecule has 27 heavy (non-hydrogen) atoms. The quantitative estimate of drug-likeness (QED) is 0.232. The van der Waals surface area contributed by atoms with E-state index in [4.69, 9.17) is 4.42 Å². The van der Waals surface area contributed by atoms with Gasteiger partial charge in [-0.2, -0.15) is 0 Å². The van der Waals surface area contributed by atoms with Crippen LogP contribution in [0.4, 0.5) is 0 Å². The van der Waals surface area contributed by atoms with Crippen LogP contribution >= 0.6 is 45.2 Å². The summed E-state index contributed by atoms with van der Waals surface area (Å²) in [5, 5.41) is 10.8. The summed E-state index contributed by atoms with van der Waals surface area (Å²) in [5.74, 6) is 0.765. The molecule has 0 aliphatic heterocycles. The highest BCUT2D eigenvalue weighted by atomic mass is 127. The minimum Gasteiger partial charge on any atom is -0.506 e. The van der Waals surface area contributed by atoms with Crippen LogP contribution in [0.5, 0.6) is 5.75 Å². The van der Waals surface area contributed by atoms with Crippen LogP contribution < -0.4 is 0 Å². The lowest BCUT2D eigenvalue weighted by Gasteiger charge is -2.07. The lowest BCUT2D eigenvalue weighted by molar-refractivity contribution is 0.103. The van der Waals surface area contributed by atoms with Crippen molar-refractivity contribution < 1.29 is 14.3 Å². The van der Waals surface area contributed by atoms with Gasteiger partial charge in [0.2, 0.25) is 0 Å². The van der Waals surface area contributed by atoms with Crippen molar-refractivity contribution in [3.05, 3.63) is 96.3 Å². The zero-order chi connectivity index (χ0) is 19.0. The molecule has 1 N–H and O–H groups in total. The molecular weight excluding hydrogens is 566 g/mol. The standard InChI is InChI=1S/C22H14I2O3/c23-16-11-14(12-17(24)22(16)26)21(25)20-15-8-4-5-9-18(15)27-19(20)10-13-6-2-1-3-7-13/h1-9,11-12,26H,10H2. The Labute approximate surface area is 183 Å². The van der Waals surface area contributed by atoms with Gasteiger partial charge in [0, 0.05) is 17.4 Å². The average Bonchev–Trinajstić information content (AvgIpc) is 3.03. The van der Waals surface area contributed by atoms with Crippen LogP contribution in [0.3, 0.4) is 0 Å². The number of para-hydroxylation sites is 1. The van der Waals surface area contributed by atoms with Crippen molar-refractivity contribution in [3.63, 3.8) is 0 Å². The molecule has 0 radical (unpaired) electrons. The van der Waals surface area contributed by atoms with Gasteiger partial charge in [-0.15, -0.1) is 0 Å². The third-order valence-electron chi connectivity index (χ3n) is 4.38. The molecule has 0 aliphatic rings. The predicted molar refractivity (Wildman–Crippen MR) is 122 cm³/mol. The van der Waals surface area contributed by atoms with E-state index in [2.05, 4.69) is 0 Å². The largest absolute Gasteiger partial charge is 0.506 e. The third-order valence-corrected chi connectivity index (χ3v) is 6.03. The zero-order valence-corrected chi connectivity index (χ0v) is 18.4. The first-order valence-corrected chi connectivity index (χ1v) is 10.5. The van der Waals surface area contributed by atoms with E-state index in [1.807, 2.05) is 99.8 Å². The lowest BCUT2D eigenvalue weighted by atomic mass is 9.97. The summed E-state index contributed by atoms with van der Waals surface area (Å²) in [4.78, 5) is 13.4. The maximum Gasteiger partial charge on any atom is 0.197 e. The van der Waals surface area contributed by atoms with E-state index >= 15 is 0 Å². The molecule has 4 rings (SSSR count). The minimum atomic E-state index is -0.0956. The molecule has 3 aromatic carbocycles. The van der Waals surface area contributed by atoms with Gasteiger partial charge in [0.05, 0.1) is 12.7 Å². The summed E-state index contributed by atoms with van der Waals surface area (Å²) in [6, 6.07) is 21.0. The molecule has 0 bridgehead atoms. The highest BCUT2D eigenvalue weighted by molar-refractivity contribution is 14.1. The lowest BCUT2D eigenvalue weighted by Crippen LogP contribution is -2.05. The summed E-state index contributed by atoms with van der Waals surface area (Å²) in [6.07, 6.45) is 0.545. The number of phenols is 1. The highest BCUT2D eigenvalue weighted by Gasteiger charge is 2.23. The van der Waals surface area contributed by atoms with Crippen LogP contribution in [0.2, 0.25) is 0 Å². The molecule has 1 heterocycles. The van der Waals surface area contributed by atoms with Crippen molar-refractivity contribution in [2.24, 2.45) is 0 Å². The first-order valence-electron chi connectivity index (χ1n) is 8.31.